The molecule has 1 N–H and O–H groups in total. The van der Waals surface area contributed by atoms with E-state index in [-0.39, 0.29) is 11.2 Å². The Morgan fingerprint density at radius 2 is 1.81 bits per heavy atom. The third kappa shape index (κ3) is 3.46. The Balaban J connectivity index is 1.57. The fourth-order valence-corrected chi connectivity index (χ4v) is 5.54. The molecule has 0 radical (unpaired) electrons. The van der Waals surface area contributed by atoms with E-state index in [1.807, 2.05) is 30.3 Å². The molecule has 1 fully saturated rings. The van der Waals surface area contributed by atoms with E-state index in [2.05, 4.69) is 42.0 Å². The lowest BCUT2D eigenvalue weighted by molar-refractivity contribution is -0.0118. The number of benzene rings is 2. The maximum atomic E-state index is 11.9. The van der Waals surface area contributed by atoms with E-state index >= 15 is 0 Å². The molecule has 6 nitrogen and oxygen atoms in total. The number of aromatic carboxylic acids is 1. The van der Waals surface area contributed by atoms with Crippen molar-refractivity contribution in [2.75, 3.05) is 26.3 Å². The largest absolute Gasteiger partial charge is 0.476 e. The maximum absolute atomic E-state index is 11.9. The molecule has 3 aromatic rings. The summed E-state index contributed by atoms with van der Waals surface area (Å²) < 4.78 is 7.30. The highest BCUT2D eigenvalue weighted by Gasteiger charge is 2.31. The van der Waals surface area contributed by atoms with Crippen LogP contribution in [0.25, 0.3) is 16.9 Å². The molecule has 0 saturated carbocycles. The van der Waals surface area contributed by atoms with Gasteiger partial charge in [0.15, 0.2) is 5.69 Å². The number of rotatable bonds is 4. The topological polar surface area (TPSA) is 67.6 Å². The number of ether oxygens (including phenoxy) is 1. The lowest BCUT2D eigenvalue weighted by Crippen LogP contribution is -2.47. The summed E-state index contributed by atoms with van der Waals surface area (Å²) in [5.41, 5.74) is 4.81. The summed E-state index contributed by atoms with van der Waals surface area (Å²) in [6.45, 7) is 7.82. The summed E-state index contributed by atoms with van der Waals surface area (Å²) in [6, 6.07) is 16.5. The first-order valence-electron chi connectivity index (χ1n) is 10.5. The van der Waals surface area contributed by atoms with Crippen LogP contribution in [0.4, 0.5) is 0 Å². The first-order chi connectivity index (χ1) is 15.0. The van der Waals surface area contributed by atoms with Gasteiger partial charge < -0.3 is 9.84 Å². The molecule has 2 aliphatic rings. The molecule has 160 valence electrons. The molecule has 1 saturated heterocycles. The van der Waals surface area contributed by atoms with Gasteiger partial charge in [0.2, 0.25) is 0 Å². The molecule has 7 heteroatoms. The minimum Gasteiger partial charge on any atom is -0.476 e. The number of nitrogens with zero attached hydrogens (tertiary/aromatic N) is 3. The predicted octanol–water partition coefficient (Wildman–Crippen LogP) is 4.41. The van der Waals surface area contributed by atoms with Gasteiger partial charge in [0, 0.05) is 40.4 Å². The standard InChI is InChI=1S/C24H25N3O3S/c1-24(2,26-11-13-30-14-12-26)16-7-9-17(10-8-16)27-22-18-5-3-4-6-20(18)31-15-19(22)21(25-27)23(28)29/h3-10H,11-15H2,1-2H3,(H,28,29). The lowest BCUT2D eigenvalue weighted by atomic mass is 9.91. The van der Waals surface area contributed by atoms with Crippen molar-refractivity contribution in [1.82, 2.24) is 14.7 Å². The van der Waals surface area contributed by atoms with Crippen molar-refractivity contribution >= 4 is 17.7 Å². The zero-order valence-corrected chi connectivity index (χ0v) is 18.5. The second-order valence-electron chi connectivity index (χ2n) is 8.38. The molecule has 0 bridgehead atoms. The second kappa shape index (κ2) is 7.82. The summed E-state index contributed by atoms with van der Waals surface area (Å²) >= 11 is 1.66. The van der Waals surface area contributed by atoms with Crippen LogP contribution in [0.1, 0.15) is 35.5 Å². The van der Waals surface area contributed by atoms with Gasteiger partial charge in [-0.1, -0.05) is 30.3 Å². The molecule has 0 aliphatic carbocycles. The zero-order chi connectivity index (χ0) is 21.6. The van der Waals surface area contributed by atoms with Gasteiger partial charge in [0.25, 0.3) is 0 Å². The number of carboxylic acid groups (broad SMARTS) is 1. The Labute approximate surface area is 185 Å². The Hall–Kier alpha value is -2.61. The van der Waals surface area contributed by atoms with Crippen LogP contribution in [0.3, 0.4) is 0 Å². The molecule has 0 unspecified atom stereocenters. The highest BCUT2D eigenvalue weighted by Crippen LogP contribution is 2.43. The van der Waals surface area contributed by atoms with E-state index in [4.69, 9.17) is 4.74 Å². The van der Waals surface area contributed by atoms with Crippen LogP contribution in [-0.4, -0.2) is 52.1 Å². The van der Waals surface area contributed by atoms with Gasteiger partial charge in [-0.3, -0.25) is 4.90 Å². The van der Waals surface area contributed by atoms with E-state index in [0.717, 1.165) is 53.7 Å². The van der Waals surface area contributed by atoms with Crippen LogP contribution in [0.2, 0.25) is 0 Å². The highest BCUT2D eigenvalue weighted by atomic mass is 32.2. The van der Waals surface area contributed by atoms with Crippen molar-refractivity contribution in [3.05, 3.63) is 65.4 Å². The number of aromatic nitrogens is 2. The summed E-state index contributed by atoms with van der Waals surface area (Å²) in [6.07, 6.45) is 0. The van der Waals surface area contributed by atoms with Gasteiger partial charge in [-0.05, 0) is 37.6 Å². The smallest absolute Gasteiger partial charge is 0.356 e. The molecule has 0 atom stereocenters. The minimum absolute atomic E-state index is 0.110. The zero-order valence-electron chi connectivity index (χ0n) is 17.7. The maximum Gasteiger partial charge on any atom is 0.356 e. The van der Waals surface area contributed by atoms with Gasteiger partial charge in [0.1, 0.15) is 0 Å². The average molecular weight is 436 g/mol. The van der Waals surface area contributed by atoms with Gasteiger partial charge in [-0.25, -0.2) is 9.48 Å². The van der Waals surface area contributed by atoms with Crippen molar-refractivity contribution < 1.29 is 14.6 Å². The number of hydrogen-bond acceptors (Lipinski definition) is 5. The Morgan fingerprint density at radius 3 is 2.52 bits per heavy atom. The third-order valence-electron chi connectivity index (χ3n) is 6.32. The molecule has 0 amide bonds. The van der Waals surface area contributed by atoms with Gasteiger partial charge in [-0.15, -0.1) is 11.8 Å². The Bertz CT molecular complexity index is 1130. The van der Waals surface area contributed by atoms with Crippen molar-refractivity contribution in [3.8, 4) is 16.9 Å². The number of hydrogen-bond donors (Lipinski definition) is 1. The number of thioether (sulfide) groups is 1. The molecular weight excluding hydrogens is 410 g/mol. The van der Waals surface area contributed by atoms with E-state index in [1.54, 1.807) is 16.4 Å². The molecule has 31 heavy (non-hydrogen) atoms. The van der Waals surface area contributed by atoms with E-state index in [9.17, 15) is 9.90 Å². The van der Waals surface area contributed by atoms with Crippen LogP contribution in [0.15, 0.2) is 53.4 Å². The molecule has 3 heterocycles. The monoisotopic (exact) mass is 435 g/mol. The molecular formula is C24H25N3O3S. The molecule has 1 aromatic heterocycles. The summed E-state index contributed by atoms with van der Waals surface area (Å²) in [5, 5.41) is 14.3. The SMILES string of the molecule is CC(C)(c1ccc(-n2nc(C(=O)O)c3c2-c2ccccc2SC3)cc1)N1CCOCC1. The predicted molar refractivity (Wildman–Crippen MR) is 121 cm³/mol. The van der Waals surface area contributed by atoms with Gasteiger partial charge in [-0.2, -0.15) is 5.10 Å². The van der Waals surface area contributed by atoms with Crippen molar-refractivity contribution in [2.45, 2.75) is 30.0 Å². The molecule has 0 spiro atoms. The van der Waals surface area contributed by atoms with Crippen LogP contribution in [0.5, 0.6) is 0 Å². The molecule has 2 aliphatic heterocycles. The van der Waals surface area contributed by atoms with Crippen molar-refractivity contribution in [3.63, 3.8) is 0 Å². The summed E-state index contributed by atoms with van der Waals surface area (Å²) in [5.74, 6) is -0.379. The number of morpholine rings is 1. The highest BCUT2D eigenvalue weighted by molar-refractivity contribution is 7.98. The van der Waals surface area contributed by atoms with E-state index in [1.165, 1.54) is 5.56 Å². The van der Waals surface area contributed by atoms with E-state index in [0.29, 0.717) is 5.75 Å². The first-order valence-corrected chi connectivity index (χ1v) is 11.5. The Morgan fingerprint density at radius 1 is 1.10 bits per heavy atom. The van der Waals surface area contributed by atoms with Gasteiger partial charge in [0.05, 0.1) is 24.6 Å². The van der Waals surface area contributed by atoms with Gasteiger partial charge >= 0.3 is 5.97 Å². The summed E-state index contributed by atoms with van der Waals surface area (Å²) in [7, 11) is 0. The Kier molecular flexibility index (Phi) is 5.12. The van der Waals surface area contributed by atoms with Crippen molar-refractivity contribution in [1.29, 1.82) is 0 Å². The fourth-order valence-electron chi connectivity index (χ4n) is 4.48. The van der Waals surface area contributed by atoms with Crippen LogP contribution >= 0.6 is 11.8 Å². The average Bonchev–Trinajstić information content (AvgIpc) is 3.20. The number of carboxylic acids is 1. The van der Waals surface area contributed by atoms with Crippen LogP contribution < -0.4 is 0 Å². The van der Waals surface area contributed by atoms with Crippen molar-refractivity contribution in [2.24, 2.45) is 0 Å². The fraction of sp³-hybridized carbons (Fsp3) is 0.333. The number of fused-ring (bicyclic) bond motifs is 3. The quantitative estimate of drug-likeness (QED) is 0.655. The third-order valence-corrected chi connectivity index (χ3v) is 7.42. The minimum atomic E-state index is -0.986. The normalized spacial score (nSPS) is 16.6. The molecule has 5 rings (SSSR count). The second-order valence-corrected chi connectivity index (χ2v) is 9.40. The van der Waals surface area contributed by atoms with Crippen LogP contribution in [0, 0.1) is 0 Å². The molecule has 2 aromatic carbocycles. The first kappa shape index (κ1) is 20.3. The summed E-state index contributed by atoms with van der Waals surface area (Å²) in [4.78, 5) is 15.5. The van der Waals surface area contributed by atoms with Crippen LogP contribution in [-0.2, 0) is 16.0 Å². The number of carbonyl (C=O) groups is 1. The lowest BCUT2D eigenvalue weighted by Gasteiger charge is -2.41. The van der Waals surface area contributed by atoms with E-state index < -0.39 is 5.97 Å².